The van der Waals surface area contributed by atoms with Crippen molar-refractivity contribution in [2.75, 3.05) is 6.54 Å². The Morgan fingerprint density at radius 3 is 2.29 bits per heavy atom. The molecule has 0 saturated heterocycles. The van der Waals surface area contributed by atoms with Crippen LogP contribution in [0.4, 0.5) is 0 Å². The van der Waals surface area contributed by atoms with Gasteiger partial charge in [-0.3, -0.25) is 4.79 Å². The third-order valence-electron chi connectivity index (χ3n) is 6.57. The normalized spacial score (nSPS) is 11.2. The molecule has 0 aliphatic heterocycles. The van der Waals surface area contributed by atoms with Gasteiger partial charge in [0.1, 0.15) is 5.82 Å². The summed E-state index contributed by atoms with van der Waals surface area (Å²) in [6.07, 6.45) is 4.01. The maximum absolute atomic E-state index is 12.3. The number of hydrogen-bond acceptors (Lipinski definition) is 2. The Morgan fingerprint density at radius 2 is 1.56 bits per heavy atom. The van der Waals surface area contributed by atoms with E-state index in [4.69, 9.17) is 4.98 Å². The molecule has 0 aliphatic carbocycles. The zero-order valence-corrected chi connectivity index (χ0v) is 20.8. The van der Waals surface area contributed by atoms with Gasteiger partial charge in [0.05, 0.1) is 11.0 Å². The van der Waals surface area contributed by atoms with Crippen molar-refractivity contribution in [3.8, 4) is 0 Å². The molecule has 1 N–H and O–H groups in total. The number of carbonyl (C=O) groups is 1. The molecule has 0 atom stereocenters. The van der Waals surface area contributed by atoms with Gasteiger partial charge >= 0.3 is 0 Å². The summed E-state index contributed by atoms with van der Waals surface area (Å²) in [6.45, 7) is 10.1. The van der Waals surface area contributed by atoms with Gasteiger partial charge in [0.25, 0.3) is 5.91 Å². The Hall–Kier alpha value is -3.40. The monoisotopic (exact) mass is 453 g/mol. The molecule has 0 unspecified atom stereocenters. The first-order chi connectivity index (χ1) is 16.4. The number of nitrogens with one attached hydrogen (secondary N) is 1. The van der Waals surface area contributed by atoms with E-state index in [0.717, 1.165) is 54.7 Å². The highest BCUT2D eigenvalue weighted by Gasteiger charge is 2.13. The minimum absolute atomic E-state index is 0.00521. The molecule has 4 nitrogen and oxygen atoms in total. The lowest BCUT2D eigenvalue weighted by Gasteiger charge is -2.15. The summed E-state index contributed by atoms with van der Waals surface area (Å²) in [4.78, 5) is 17.3. The minimum atomic E-state index is 0.00521. The molecule has 0 saturated carbocycles. The van der Waals surface area contributed by atoms with E-state index < -0.39 is 0 Å². The summed E-state index contributed by atoms with van der Waals surface area (Å²) in [5, 5.41) is 3.04. The highest BCUT2D eigenvalue weighted by Crippen LogP contribution is 2.23. The van der Waals surface area contributed by atoms with Crippen LogP contribution in [-0.4, -0.2) is 22.0 Å². The van der Waals surface area contributed by atoms with Crippen LogP contribution in [0.1, 0.15) is 63.3 Å². The molecule has 34 heavy (non-hydrogen) atoms. The van der Waals surface area contributed by atoms with Crippen molar-refractivity contribution in [1.82, 2.24) is 14.9 Å². The van der Waals surface area contributed by atoms with Crippen LogP contribution in [0.15, 0.2) is 60.7 Å². The Bertz CT molecular complexity index is 1260. The summed E-state index contributed by atoms with van der Waals surface area (Å²) in [5.41, 5.74) is 9.51. The fraction of sp³-hybridized carbons (Fsp3) is 0.333. The van der Waals surface area contributed by atoms with Crippen LogP contribution in [0, 0.1) is 27.7 Å². The van der Waals surface area contributed by atoms with Gasteiger partial charge in [-0.1, -0.05) is 53.9 Å². The number of imidazole rings is 1. The van der Waals surface area contributed by atoms with Gasteiger partial charge in [-0.05, 0) is 81.5 Å². The number of amides is 1. The molecule has 0 spiro atoms. The van der Waals surface area contributed by atoms with E-state index in [-0.39, 0.29) is 5.91 Å². The third-order valence-corrected chi connectivity index (χ3v) is 6.57. The topological polar surface area (TPSA) is 46.9 Å². The highest BCUT2D eigenvalue weighted by molar-refractivity contribution is 5.94. The van der Waals surface area contributed by atoms with Crippen LogP contribution in [0.25, 0.3) is 11.0 Å². The average molecular weight is 454 g/mol. The standard InChI is InChI=1S/C30H35N3O/c1-21-13-15-25(16-14-21)30(34)31-17-9-5-6-12-29-32-27-10-7-8-11-28(27)33(29)20-26-23(3)18-22(2)19-24(26)4/h7-8,10-11,13-16,18-19H,5-6,9,12,17,20H2,1-4H3,(H,31,34). The predicted molar refractivity (Wildman–Crippen MR) is 141 cm³/mol. The molecule has 4 aromatic rings. The molecule has 1 aromatic heterocycles. The number of rotatable bonds is 9. The zero-order chi connectivity index (χ0) is 24.1. The number of unbranched alkanes of at least 4 members (excludes halogenated alkanes) is 2. The summed E-state index contributed by atoms with van der Waals surface area (Å²) in [6, 6.07) is 20.7. The Morgan fingerprint density at radius 1 is 0.853 bits per heavy atom. The Kier molecular flexibility index (Phi) is 7.46. The van der Waals surface area contributed by atoms with E-state index in [9.17, 15) is 4.79 Å². The molecule has 0 radical (unpaired) electrons. The van der Waals surface area contributed by atoms with Gasteiger partial charge in [0, 0.05) is 25.1 Å². The molecule has 0 bridgehead atoms. The van der Waals surface area contributed by atoms with Crippen LogP contribution < -0.4 is 5.32 Å². The van der Waals surface area contributed by atoms with Crippen molar-refractivity contribution in [3.05, 3.63) is 99.9 Å². The van der Waals surface area contributed by atoms with Gasteiger partial charge in [-0.25, -0.2) is 4.98 Å². The molecule has 0 fully saturated rings. The number of aromatic nitrogens is 2. The van der Waals surface area contributed by atoms with E-state index in [1.165, 1.54) is 27.8 Å². The summed E-state index contributed by atoms with van der Waals surface area (Å²) < 4.78 is 2.39. The van der Waals surface area contributed by atoms with Crippen molar-refractivity contribution < 1.29 is 4.79 Å². The SMILES string of the molecule is Cc1ccc(C(=O)NCCCCCc2nc3ccccc3n2Cc2c(C)cc(C)cc2C)cc1. The summed E-state index contributed by atoms with van der Waals surface area (Å²) in [7, 11) is 0. The van der Waals surface area contributed by atoms with Crippen LogP contribution in [0.2, 0.25) is 0 Å². The highest BCUT2D eigenvalue weighted by atomic mass is 16.1. The van der Waals surface area contributed by atoms with E-state index in [1.54, 1.807) is 0 Å². The maximum atomic E-state index is 12.3. The molecule has 0 aliphatic rings. The van der Waals surface area contributed by atoms with Crippen molar-refractivity contribution in [1.29, 1.82) is 0 Å². The molecule has 1 heterocycles. The molecular weight excluding hydrogens is 418 g/mol. The second kappa shape index (κ2) is 10.7. The minimum Gasteiger partial charge on any atom is -0.352 e. The number of hydrogen-bond donors (Lipinski definition) is 1. The Balaban J connectivity index is 1.37. The maximum Gasteiger partial charge on any atom is 0.251 e. The largest absolute Gasteiger partial charge is 0.352 e. The molecule has 176 valence electrons. The number of para-hydroxylation sites is 2. The van der Waals surface area contributed by atoms with Crippen molar-refractivity contribution in [2.24, 2.45) is 0 Å². The Labute approximate surface area is 203 Å². The fourth-order valence-electron chi connectivity index (χ4n) is 4.70. The zero-order valence-electron chi connectivity index (χ0n) is 20.8. The number of nitrogens with zero attached hydrogens (tertiary/aromatic N) is 2. The van der Waals surface area contributed by atoms with E-state index in [1.807, 2.05) is 31.2 Å². The molecule has 3 aromatic carbocycles. The quantitative estimate of drug-likeness (QED) is 0.296. The number of fused-ring (bicyclic) bond motifs is 1. The predicted octanol–water partition coefficient (Wildman–Crippen LogP) is 6.46. The van der Waals surface area contributed by atoms with Gasteiger partial charge in [-0.15, -0.1) is 0 Å². The van der Waals surface area contributed by atoms with Crippen LogP contribution in [0.5, 0.6) is 0 Å². The average Bonchev–Trinajstić information content (AvgIpc) is 3.16. The lowest BCUT2D eigenvalue weighted by atomic mass is 9.99. The van der Waals surface area contributed by atoms with Crippen molar-refractivity contribution >= 4 is 16.9 Å². The van der Waals surface area contributed by atoms with Gasteiger partial charge < -0.3 is 9.88 Å². The van der Waals surface area contributed by atoms with E-state index in [2.05, 4.69) is 67.1 Å². The van der Waals surface area contributed by atoms with E-state index in [0.29, 0.717) is 6.54 Å². The van der Waals surface area contributed by atoms with Crippen LogP contribution >= 0.6 is 0 Å². The first kappa shape index (κ1) is 23.7. The smallest absolute Gasteiger partial charge is 0.251 e. The van der Waals surface area contributed by atoms with E-state index >= 15 is 0 Å². The van der Waals surface area contributed by atoms with Crippen LogP contribution in [-0.2, 0) is 13.0 Å². The van der Waals surface area contributed by atoms with Gasteiger partial charge in [0.2, 0.25) is 0 Å². The summed E-state index contributed by atoms with van der Waals surface area (Å²) >= 11 is 0. The van der Waals surface area contributed by atoms with Crippen molar-refractivity contribution in [2.45, 2.75) is 59.9 Å². The van der Waals surface area contributed by atoms with Crippen molar-refractivity contribution in [3.63, 3.8) is 0 Å². The van der Waals surface area contributed by atoms with Gasteiger partial charge in [-0.2, -0.15) is 0 Å². The summed E-state index contributed by atoms with van der Waals surface area (Å²) in [5.74, 6) is 1.15. The second-order valence-corrected chi connectivity index (χ2v) is 9.41. The lowest BCUT2D eigenvalue weighted by Crippen LogP contribution is -2.24. The van der Waals surface area contributed by atoms with Gasteiger partial charge in [0.15, 0.2) is 0 Å². The first-order valence-corrected chi connectivity index (χ1v) is 12.3. The molecule has 1 amide bonds. The number of aryl methyl sites for hydroxylation is 5. The fourth-order valence-corrected chi connectivity index (χ4v) is 4.70. The van der Waals surface area contributed by atoms with Crippen LogP contribution in [0.3, 0.4) is 0 Å². The molecule has 4 heteroatoms. The first-order valence-electron chi connectivity index (χ1n) is 12.3. The number of carbonyl (C=O) groups excluding carboxylic acids is 1. The number of benzene rings is 3. The lowest BCUT2D eigenvalue weighted by molar-refractivity contribution is 0.0953. The second-order valence-electron chi connectivity index (χ2n) is 9.41. The molecular formula is C30H35N3O. The molecule has 4 rings (SSSR count). The third kappa shape index (κ3) is 5.56.